The standard InChI is InChI=1S/C26HBF18/c28-9-1-2-6(14(33)22(41)18(37)10(2)29)25(44,5(1)13(32)21(40)17(9)36)27-26(45)7-3(11(30)19(38)23(42)15(7)34)4-8(26)16(35)24(43)20(39)12(4)31/h27H. The first-order valence-corrected chi connectivity index (χ1v) is 11.6. The fraction of sp³-hybridized carbons (Fsp3) is 0.0769. The summed E-state index contributed by atoms with van der Waals surface area (Å²) >= 11 is 0. The summed E-state index contributed by atoms with van der Waals surface area (Å²) in [5, 5.41) is 0. The monoisotopic (exact) mass is 666 g/mol. The largest absolute Gasteiger partial charge is 0.243 e. The second-order valence-electron chi connectivity index (χ2n) is 9.80. The van der Waals surface area contributed by atoms with Crippen LogP contribution in [0, 0.1) is 93.1 Å². The Bertz CT molecular complexity index is 1800. The zero-order chi connectivity index (χ0) is 33.6. The second kappa shape index (κ2) is 9.12. The molecular weight excluding hydrogens is 665 g/mol. The summed E-state index contributed by atoms with van der Waals surface area (Å²) in [6, 6.07) is 0. The van der Waals surface area contributed by atoms with Gasteiger partial charge in [-0.1, -0.05) is 0 Å². The third-order valence-electron chi connectivity index (χ3n) is 7.64. The zero-order valence-electron chi connectivity index (χ0n) is 20.5. The highest BCUT2D eigenvalue weighted by atomic mass is 19.2. The minimum Gasteiger partial charge on any atom is -0.243 e. The van der Waals surface area contributed by atoms with E-state index in [0.717, 1.165) is 0 Å². The molecule has 45 heavy (non-hydrogen) atoms. The van der Waals surface area contributed by atoms with E-state index in [1.807, 2.05) is 0 Å². The SMILES string of the molecule is Fc1c(F)c(F)c2c(c1F)-c1c(F)c(F)c(F)c(F)c1C2(F)BC1(F)c2c(F)c(F)c(F)c(F)c2-c2c(F)c(F)c(F)c(F)c21. The molecule has 0 unspecified atom stereocenters. The quantitative estimate of drug-likeness (QED) is 0.0874. The molecule has 0 radical (unpaired) electrons. The van der Waals surface area contributed by atoms with Crippen molar-refractivity contribution in [2.75, 3.05) is 0 Å². The van der Waals surface area contributed by atoms with Crippen molar-refractivity contribution in [2.45, 2.75) is 11.1 Å². The summed E-state index contributed by atoms with van der Waals surface area (Å²) in [6.07, 6.45) is 0. The maximum atomic E-state index is 17.1. The van der Waals surface area contributed by atoms with Crippen LogP contribution in [-0.2, 0) is 11.1 Å². The lowest BCUT2D eigenvalue weighted by molar-refractivity contribution is 0.258. The van der Waals surface area contributed by atoms with E-state index in [1.165, 1.54) is 0 Å². The van der Waals surface area contributed by atoms with Gasteiger partial charge in [0, 0.05) is 44.5 Å². The van der Waals surface area contributed by atoms with Crippen LogP contribution in [0.25, 0.3) is 22.3 Å². The molecule has 0 saturated heterocycles. The highest BCUT2D eigenvalue weighted by Crippen LogP contribution is 2.61. The predicted octanol–water partition coefficient (Wildman–Crippen LogP) is 8.35. The van der Waals surface area contributed by atoms with Crippen LogP contribution in [0.2, 0.25) is 0 Å². The third kappa shape index (κ3) is 3.35. The number of hydrogen-bond acceptors (Lipinski definition) is 0. The van der Waals surface area contributed by atoms with E-state index in [0.29, 0.717) is 0 Å². The van der Waals surface area contributed by atoms with E-state index < -0.39 is 156 Å². The lowest BCUT2D eigenvalue weighted by Gasteiger charge is -2.31. The Kier molecular flexibility index (Phi) is 6.22. The number of rotatable bonds is 2. The van der Waals surface area contributed by atoms with Gasteiger partial charge in [0.15, 0.2) is 93.1 Å². The lowest BCUT2D eigenvalue weighted by atomic mass is 9.45. The minimum atomic E-state index is -5.07. The fourth-order valence-electron chi connectivity index (χ4n) is 5.89. The number of halogens is 18. The molecule has 0 nitrogen and oxygen atoms in total. The van der Waals surface area contributed by atoms with E-state index in [1.54, 1.807) is 0 Å². The Labute approximate surface area is 235 Å². The molecule has 0 aromatic heterocycles. The average molecular weight is 666 g/mol. The van der Waals surface area contributed by atoms with Crippen LogP contribution in [0.3, 0.4) is 0 Å². The van der Waals surface area contributed by atoms with Gasteiger partial charge in [-0.2, -0.15) is 0 Å². The van der Waals surface area contributed by atoms with Gasteiger partial charge in [-0.3, -0.25) is 0 Å². The van der Waals surface area contributed by atoms with Crippen molar-refractivity contribution < 1.29 is 79.0 Å². The van der Waals surface area contributed by atoms with Gasteiger partial charge < -0.3 is 0 Å². The van der Waals surface area contributed by atoms with Crippen LogP contribution in [0.1, 0.15) is 22.3 Å². The first kappa shape index (κ1) is 30.7. The van der Waals surface area contributed by atoms with Crippen LogP contribution < -0.4 is 0 Å². The molecular formula is C26HBF18. The zero-order valence-corrected chi connectivity index (χ0v) is 20.5. The summed E-state index contributed by atoms with van der Waals surface area (Å²) in [5.41, 5.74) is -29.6. The van der Waals surface area contributed by atoms with Gasteiger partial charge in [0.2, 0.25) is 7.28 Å². The molecule has 2 aliphatic carbocycles. The summed E-state index contributed by atoms with van der Waals surface area (Å²) < 4.78 is 268. The average Bonchev–Trinajstić information content (AvgIpc) is 3.42. The van der Waals surface area contributed by atoms with Gasteiger partial charge in [-0.15, -0.1) is 0 Å². The van der Waals surface area contributed by atoms with Crippen molar-refractivity contribution in [1.29, 1.82) is 0 Å². The molecule has 0 fully saturated rings. The summed E-state index contributed by atoms with van der Waals surface area (Å²) in [4.78, 5) is 0. The van der Waals surface area contributed by atoms with Crippen molar-refractivity contribution in [3.05, 3.63) is 115 Å². The highest BCUT2D eigenvalue weighted by molar-refractivity contribution is 6.47. The van der Waals surface area contributed by atoms with E-state index >= 15 is 26.3 Å². The van der Waals surface area contributed by atoms with Crippen LogP contribution in [0.5, 0.6) is 0 Å². The van der Waals surface area contributed by atoms with Crippen molar-refractivity contribution in [1.82, 2.24) is 0 Å². The Morgan fingerprint density at radius 1 is 0.244 bits per heavy atom. The molecule has 0 atom stereocenters. The smallest absolute Gasteiger partial charge is 0.239 e. The van der Waals surface area contributed by atoms with Crippen LogP contribution in [-0.4, -0.2) is 7.28 Å². The first-order chi connectivity index (χ1) is 20.8. The van der Waals surface area contributed by atoms with Crippen LogP contribution in [0.4, 0.5) is 79.0 Å². The van der Waals surface area contributed by atoms with Gasteiger partial charge in [0.1, 0.15) is 11.1 Å². The molecule has 0 aliphatic heterocycles. The molecule has 0 N–H and O–H groups in total. The molecule has 4 aromatic carbocycles. The fourth-order valence-corrected chi connectivity index (χ4v) is 5.89. The topological polar surface area (TPSA) is 0 Å². The second-order valence-corrected chi connectivity index (χ2v) is 9.80. The van der Waals surface area contributed by atoms with Gasteiger partial charge in [0.05, 0.1) is 0 Å². The first-order valence-electron chi connectivity index (χ1n) is 11.6. The van der Waals surface area contributed by atoms with Crippen molar-refractivity contribution >= 4 is 7.28 Å². The van der Waals surface area contributed by atoms with Gasteiger partial charge >= 0.3 is 0 Å². The summed E-state index contributed by atoms with van der Waals surface area (Å²) in [6.45, 7) is 0. The molecule has 0 amide bonds. The van der Waals surface area contributed by atoms with E-state index in [4.69, 9.17) is 0 Å². The third-order valence-corrected chi connectivity index (χ3v) is 7.64. The Balaban J connectivity index is 1.83. The van der Waals surface area contributed by atoms with Crippen molar-refractivity contribution in [3.8, 4) is 22.3 Å². The molecule has 0 saturated carbocycles. The maximum absolute atomic E-state index is 17.1. The van der Waals surface area contributed by atoms with Crippen molar-refractivity contribution in [3.63, 3.8) is 0 Å². The molecule has 0 spiro atoms. The van der Waals surface area contributed by atoms with Gasteiger partial charge in [-0.25, -0.2) is 79.0 Å². The van der Waals surface area contributed by atoms with Crippen LogP contribution in [0.15, 0.2) is 0 Å². The molecule has 4 aromatic rings. The number of benzene rings is 4. The highest BCUT2D eigenvalue weighted by Gasteiger charge is 2.63. The molecule has 2 aliphatic rings. The van der Waals surface area contributed by atoms with E-state index in [2.05, 4.69) is 0 Å². The Morgan fingerprint density at radius 2 is 0.400 bits per heavy atom. The number of fused-ring (bicyclic) bond motifs is 6. The minimum absolute atomic E-state index is 2.30. The van der Waals surface area contributed by atoms with Gasteiger partial charge in [-0.05, 0) is 0 Å². The molecule has 0 heterocycles. The van der Waals surface area contributed by atoms with Gasteiger partial charge in [0.25, 0.3) is 0 Å². The molecule has 19 heteroatoms. The summed E-state index contributed by atoms with van der Waals surface area (Å²) in [5.74, 6) is -47.3. The summed E-state index contributed by atoms with van der Waals surface area (Å²) in [7, 11) is -3.06. The molecule has 6 rings (SSSR count). The molecule has 234 valence electrons. The predicted molar refractivity (Wildman–Crippen MR) is 114 cm³/mol. The van der Waals surface area contributed by atoms with Crippen LogP contribution >= 0.6 is 0 Å². The number of hydrogen-bond donors (Lipinski definition) is 0. The van der Waals surface area contributed by atoms with Crippen molar-refractivity contribution in [2.24, 2.45) is 0 Å². The number of alkyl halides is 2. The van der Waals surface area contributed by atoms with E-state index in [9.17, 15) is 52.7 Å². The lowest BCUT2D eigenvalue weighted by Crippen LogP contribution is -2.44. The normalized spacial score (nSPS) is 15.2. The Morgan fingerprint density at radius 3 is 0.578 bits per heavy atom. The molecule has 0 bridgehead atoms. The Hall–Kier alpha value is -4.32. The van der Waals surface area contributed by atoms with E-state index in [-0.39, 0.29) is 0 Å². The maximum Gasteiger partial charge on any atom is 0.239 e.